The number of alkyl halides is 2. The zero-order chi connectivity index (χ0) is 13.1. The molecular formula is C13H19F2NO. The van der Waals surface area contributed by atoms with Crippen molar-refractivity contribution in [2.75, 3.05) is 7.05 Å². The lowest BCUT2D eigenvalue weighted by atomic mass is 9.82. The molecule has 0 amide bonds. The fourth-order valence-corrected chi connectivity index (χ4v) is 1.94. The first-order valence-corrected chi connectivity index (χ1v) is 5.56. The van der Waals surface area contributed by atoms with E-state index < -0.39 is 6.61 Å². The molecule has 0 aromatic heterocycles. The molecule has 1 rings (SSSR count). The quantitative estimate of drug-likeness (QED) is 0.872. The van der Waals surface area contributed by atoms with Crippen LogP contribution < -0.4 is 10.1 Å². The number of ether oxygens (including phenoxy) is 1. The average Bonchev–Trinajstić information content (AvgIpc) is 2.18. The van der Waals surface area contributed by atoms with Gasteiger partial charge in [-0.15, -0.1) is 0 Å². The average molecular weight is 243 g/mol. The molecule has 1 aromatic carbocycles. The van der Waals surface area contributed by atoms with Gasteiger partial charge in [-0.2, -0.15) is 8.78 Å². The summed E-state index contributed by atoms with van der Waals surface area (Å²) in [6, 6.07) is 6.92. The van der Waals surface area contributed by atoms with E-state index in [1.54, 1.807) is 12.1 Å². The van der Waals surface area contributed by atoms with Crippen LogP contribution in [0.25, 0.3) is 0 Å². The minimum Gasteiger partial charge on any atom is -0.435 e. The summed E-state index contributed by atoms with van der Waals surface area (Å²) in [5, 5.41) is 3.23. The molecule has 1 N–H and O–H groups in total. The Morgan fingerprint density at radius 2 is 1.65 bits per heavy atom. The Balaban J connectivity index is 2.86. The molecule has 0 bridgehead atoms. The van der Waals surface area contributed by atoms with Gasteiger partial charge in [0.25, 0.3) is 0 Å². The minimum absolute atomic E-state index is 0.0554. The van der Waals surface area contributed by atoms with Crippen LogP contribution in [0.4, 0.5) is 8.78 Å². The van der Waals surface area contributed by atoms with Crippen LogP contribution in [0.3, 0.4) is 0 Å². The molecule has 1 atom stereocenters. The Labute approximate surface area is 101 Å². The van der Waals surface area contributed by atoms with Gasteiger partial charge in [-0.1, -0.05) is 32.9 Å². The van der Waals surface area contributed by atoms with Crippen molar-refractivity contribution in [3.05, 3.63) is 29.8 Å². The molecule has 0 saturated carbocycles. The van der Waals surface area contributed by atoms with Crippen LogP contribution in [-0.4, -0.2) is 13.7 Å². The van der Waals surface area contributed by atoms with Gasteiger partial charge < -0.3 is 10.1 Å². The lowest BCUT2D eigenvalue weighted by Gasteiger charge is -2.30. The zero-order valence-electron chi connectivity index (χ0n) is 10.6. The van der Waals surface area contributed by atoms with Crippen LogP contribution in [0, 0.1) is 5.41 Å². The van der Waals surface area contributed by atoms with Crippen LogP contribution in [0.5, 0.6) is 5.75 Å². The Morgan fingerprint density at radius 1 is 1.12 bits per heavy atom. The molecule has 0 aliphatic carbocycles. The van der Waals surface area contributed by atoms with Crippen LogP contribution >= 0.6 is 0 Å². The van der Waals surface area contributed by atoms with Crippen molar-refractivity contribution in [1.29, 1.82) is 0 Å². The molecule has 4 heteroatoms. The minimum atomic E-state index is -2.77. The van der Waals surface area contributed by atoms with E-state index in [2.05, 4.69) is 30.8 Å². The van der Waals surface area contributed by atoms with Gasteiger partial charge in [-0.05, 0) is 30.2 Å². The summed E-state index contributed by atoms with van der Waals surface area (Å²) in [7, 11) is 1.89. The lowest BCUT2D eigenvalue weighted by Crippen LogP contribution is -2.29. The highest BCUT2D eigenvalue weighted by molar-refractivity contribution is 5.30. The molecule has 2 nitrogen and oxygen atoms in total. The highest BCUT2D eigenvalue weighted by Gasteiger charge is 2.24. The van der Waals surface area contributed by atoms with Crippen LogP contribution in [-0.2, 0) is 0 Å². The van der Waals surface area contributed by atoms with E-state index >= 15 is 0 Å². The maximum atomic E-state index is 12.0. The first-order chi connectivity index (χ1) is 7.84. The van der Waals surface area contributed by atoms with E-state index in [0.29, 0.717) is 0 Å². The van der Waals surface area contributed by atoms with Gasteiger partial charge in [-0.3, -0.25) is 0 Å². The molecule has 0 saturated heterocycles. The Morgan fingerprint density at radius 3 is 2.00 bits per heavy atom. The van der Waals surface area contributed by atoms with Crippen molar-refractivity contribution in [3.63, 3.8) is 0 Å². The van der Waals surface area contributed by atoms with Crippen molar-refractivity contribution >= 4 is 0 Å². The summed E-state index contributed by atoms with van der Waals surface area (Å²) in [6.45, 7) is 3.59. The number of halogens is 2. The summed E-state index contributed by atoms with van der Waals surface area (Å²) >= 11 is 0. The van der Waals surface area contributed by atoms with E-state index in [-0.39, 0.29) is 17.2 Å². The smallest absolute Gasteiger partial charge is 0.387 e. The predicted octanol–water partition coefficient (Wildman–Crippen LogP) is 3.59. The number of benzene rings is 1. The number of nitrogens with one attached hydrogen (secondary N) is 1. The topological polar surface area (TPSA) is 21.3 Å². The second-order valence-electron chi connectivity index (χ2n) is 5.04. The van der Waals surface area contributed by atoms with Crippen LogP contribution in [0.1, 0.15) is 32.4 Å². The second-order valence-corrected chi connectivity index (χ2v) is 5.04. The van der Waals surface area contributed by atoms with E-state index in [9.17, 15) is 8.78 Å². The Hall–Kier alpha value is -1.16. The number of rotatable bonds is 4. The first kappa shape index (κ1) is 13.9. The van der Waals surface area contributed by atoms with Gasteiger partial charge in [0, 0.05) is 6.04 Å². The molecule has 0 radical (unpaired) electrons. The van der Waals surface area contributed by atoms with E-state index in [1.165, 1.54) is 0 Å². The third kappa shape index (κ3) is 3.97. The first-order valence-electron chi connectivity index (χ1n) is 5.56. The third-order valence-electron chi connectivity index (χ3n) is 2.59. The molecular weight excluding hydrogens is 224 g/mol. The highest BCUT2D eigenvalue weighted by Crippen LogP contribution is 2.33. The summed E-state index contributed by atoms with van der Waals surface area (Å²) in [5.74, 6) is 0.188. The third-order valence-corrected chi connectivity index (χ3v) is 2.59. The SMILES string of the molecule is CNC(c1ccc(OC(F)F)cc1)C(C)(C)C. The zero-order valence-corrected chi connectivity index (χ0v) is 10.6. The molecule has 0 heterocycles. The van der Waals surface area contributed by atoms with Crippen molar-refractivity contribution < 1.29 is 13.5 Å². The number of hydrogen-bond donors (Lipinski definition) is 1. The summed E-state index contributed by atoms with van der Waals surface area (Å²) in [5.41, 5.74) is 1.11. The summed E-state index contributed by atoms with van der Waals surface area (Å²) < 4.78 is 28.3. The standard InChI is InChI=1S/C13H19F2NO/c1-13(2,3)11(16-4)9-5-7-10(8-6-9)17-12(14)15/h5-8,11-12,16H,1-4H3. The normalized spacial score (nSPS) is 13.8. The number of hydrogen-bond acceptors (Lipinski definition) is 2. The molecule has 0 fully saturated rings. The highest BCUT2D eigenvalue weighted by atomic mass is 19.3. The van der Waals surface area contributed by atoms with E-state index in [1.807, 2.05) is 19.2 Å². The van der Waals surface area contributed by atoms with Crippen molar-refractivity contribution in [2.45, 2.75) is 33.4 Å². The largest absolute Gasteiger partial charge is 0.435 e. The maximum absolute atomic E-state index is 12.0. The molecule has 0 aliphatic heterocycles. The monoisotopic (exact) mass is 243 g/mol. The van der Waals surface area contributed by atoms with Gasteiger partial charge in [0.15, 0.2) is 0 Å². The van der Waals surface area contributed by atoms with Crippen LogP contribution in [0.2, 0.25) is 0 Å². The van der Waals surface area contributed by atoms with Gasteiger partial charge in [0.1, 0.15) is 5.75 Å². The van der Waals surface area contributed by atoms with Gasteiger partial charge in [0.05, 0.1) is 0 Å². The predicted molar refractivity (Wildman–Crippen MR) is 64.3 cm³/mol. The fourth-order valence-electron chi connectivity index (χ4n) is 1.94. The van der Waals surface area contributed by atoms with Crippen molar-refractivity contribution in [2.24, 2.45) is 5.41 Å². The molecule has 0 spiro atoms. The molecule has 17 heavy (non-hydrogen) atoms. The Bertz CT molecular complexity index is 343. The molecule has 1 aromatic rings. The maximum Gasteiger partial charge on any atom is 0.387 e. The molecule has 96 valence electrons. The summed E-state index contributed by atoms with van der Waals surface area (Å²) in [6.07, 6.45) is 0. The van der Waals surface area contributed by atoms with E-state index in [4.69, 9.17) is 0 Å². The molecule has 0 aliphatic rings. The van der Waals surface area contributed by atoms with E-state index in [0.717, 1.165) is 5.56 Å². The van der Waals surface area contributed by atoms with Crippen molar-refractivity contribution in [1.82, 2.24) is 5.32 Å². The van der Waals surface area contributed by atoms with Gasteiger partial charge in [-0.25, -0.2) is 0 Å². The van der Waals surface area contributed by atoms with Crippen LogP contribution in [0.15, 0.2) is 24.3 Å². The van der Waals surface area contributed by atoms with Gasteiger partial charge in [0.2, 0.25) is 0 Å². The summed E-state index contributed by atoms with van der Waals surface area (Å²) in [4.78, 5) is 0. The second kappa shape index (κ2) is 5.45. The fraction of sp³-hybridized carbons (Fsp3) is 0.538. The Kier molecular flexibility index (Phi) is 4.46. The lowest BCUT2D eigenvalue weighted by molar-refractivity contribution is -0.0498. The molecule has 1 unspecified atom stereocenters. The van der Waals surface area contributed by atoms with Crippen molar-refractivity contribution in [3.8, 4) is 5.75 Å². The van der Waals surface area contributed by atoms with Gasteiger partial charge >= 0.3 is 6.61 Å².